The number of hydrogen-bond acceptors (Lipinski definition) is 7. The summed E-state index contributed by atoms with van der Waals surface area (Å²) in [6.45, 7) is 2.17. The molecular formula is C21H21ClN4O4S. The maximum absolute atomic E-state index is 12.5. The Hall–Kier alpha value is -3.04. The van der Waals surface area contributed by atoms with Crippen LogP contribution in [0.3, 0.4) is 0 Å². The fourth-order valence-corrected chi connectivity index (χ4v) is 3.70. The molecule has 0 atom stereocenters. The van der Waals surface area contributed by atoms with Gasteiger partial charge in [0.25, 0.3) is 5.91 Å². The van der Waals surface area contributed by atoms with Crippen LogP contribution < -0.4 is 10.1 Å². The van der Waals surface area contributed by atoms with Crippen LogP contribution in [0.15, 0.2) is 53.7 Å². The van der Waals surface area contributed by atoms with Crippen LogP contribution >= 0.6 is 23.4 Å². The monoisotopic (exact) mass is 460 g/mol. The maximum Gasteiger partial charge on any atom is 0.316 e. The average molecular weight is 461 g/mol. The lowest BCUT2D eigenvalue weighted by Gasteiger charge is -2.12. The number of para-hydroxylation sites is 1. The van der Waals surface area contributed by atoms with Crippen LogP contribution in [0.5, 0.6) is 5.75 Å². The second-order valence-corrected chi connectivity index (χ2v) is 7.54. The molecule has 0 aliphatic rings. The number of nitrogens with one attached hydrogen (secondary N) is 1. The SMILES string of the molecule is CCOC(=O)CSc1nnc(CNC(=O)c2ccc(OC)cc2)n1-c1ccccc1Cl. The molecule has 0 radical (unpaired) electrons. The molecule has 8 nitrogen and oxygen atoms in total. The molecule has 10 heteroatoms. The van der Waals surface area contributed by atoms with Gasteiger partial charge in [0.05, 0.1) is 36.7 Å². The summed E-state index contributed by atoms with van der Waals surface area (Å²) >= 11 is 7.57. The summed E-state index contributed by atoms with van der Waals surface area (Å²) in [5, 5.41) is 12.2. The summed E-state index contributed by atoms with van der Waals surface area (Å²) < 4.78 is 11.8. The number of benzene rings is 2. The maximum atomic E-state index is 12.5. The molecule has 0 aliphatic heterocycles. The summed E-state index contributed by atoms with van der Waals surface area (Å²) in [5.41, 5.74) is 1.13. The highest BCUT2D eigenvalue weighted by Gasteiger charge is 2.18. The minimum Gasteiger partial charge on any atom is -0.497 e. The van der Waals surface area contributed by atoms with Gasteiger partial charge in [-0.1, -0.05) is 35.5 Å². The fourth-order valence-electron chi connectivity index (χ4n) is 2.71. The van der Waals surface area contributed by atoms with Crippen molar-refractivity contribution in [2.75, 3.05) is 19.5 Å². The van der Waals surface area contributed by atoms with Gasteiger partial charge in [-0.15, -0.1) is 10.2 Å². The number of rotatable bonds is 9. The number of esters is 1. The van der Waals surface area contributed by atoms with Crippen molar-refractivity contribution in [3.05, 3.63) is 64.9 Å². The van der Waals surface area contributed by atoms with E-state index in [9.17, 15) is 9.59 Å². The lowest BCUT2D eigenvalue weighted by molar-refractivity contribution is -0.139. The predicted molar refractivity (Wildman–Crippen MR) is 118 cm³/mol. The Morgan fingerprint density at radius 3 is 2.55 bits per heavy atom. The number of thioether (sulfide) groups is 1. The van der Waals surface area contributed by atoms with Gasteiger partial charge in [-0.25, -0.2) is 0 Å². The Bertz CT molecular complexity index is 1060. The van der Waals surface area contributed by atoms with Crippen molar-refractivity contribution in [2.45, 2.75) is 18.6 Å². The minimum absolute atomic E-state index is 0.0780. The van der Waals surface area contributed by atoms with E-state index in [2.05, 4.69) is 15.5 Å². The van der Waals surface area contributed by atoms with Crippen LogP contribution in [0, 0.1) is 0 Å². The number of hydrogen-bond donors (Lipinski definition) is 1. The third kappa shape index (κ3) is 5.77. The molecule has 0 fully saturated rings. The van der Waals surface area contributed by atoms with Gasteiger partial charge >= 0.3 is 5.97 Å². The Morgan fingerprint density at radius 1 is 1.13 bits per heavy atom. The summed E-state index contributed by atoms with van der Waals surface area (Å²) in [6.07, 6.45) is 0. The van der Waals surface area contributed by atoms with Crippen molar-refractivity contribution in [2.24, 2.45) is 0 Å². The second kappa shape index (κ2) is 10.8. The van der Waals surface area contributed by atoms with Crippen LogP contribution in [0.1, 0.15) is 23.1 Å². The van der Waals surface area contributed by atoms with Gasteiger partial charge in [0, 0.05) is 5.56 Å². The van der Waals surface area contributed by atoms with Crippen molar-refractivity contribution in [3.8, 4) is 11.4 Å². The minimum atomic E-state index is -0.351. The molecule has 1 aromatic heterocycles. The van der Waals surface area contributed by atoms with Crippen LogP contribution in [-0.4, -0.2) is 46.1 Å². The van der Waals surface area contributed by atoms with Gasteiger partial charge in [-0.2, -0.15) is 0 Å². The molecule has 0 aliphatic carbocycles. The Labute approximate surface area is 188 Å². The number of ether oxygens (including phenoxy) is 2. The van der Waals surface area contributed by atoms with E-state index in [-0.39, 0.29) is 24.2 Å². The smallest absolute Gasteiger partial charge is 0.316 e. The molecule has 31 heavy (non-hydrogen) atoms. The summed E-state index contributed by atoms with van der Waals surface area (Å²) in [6, 6.07) is 14.0. The molecule has 0 bridgehead atoms. The number of carbonyl (C=O) groups is 2. The molecule has 1 heterocycles. The zero-order valence-corrected chi connectivity index (χ0v) is 18.6. The quantitative estimate of drug-likeness (QED) is 0.385. The average Bonchev–Trinajstić information content (AvgIpc) is 3.19. The first-order chi connectivity index (χ1) is 15.0. The predicted octanol–water partition coefficient (Wildman–Crippen LogP) is 3.51. The molecule has 0 spiro atoms. The normalized spacial score (nSPS) is 10.5. The van der Waals surface area contributed by atoms with E-state index in [1.807, 2.05) is 18.2 Å². The first-order valence-electron chi connectivity index (χ1n) is 9.43. The van der Waals surface area contributed by atoms with Crippen molar-refractivity contribution in [1.29, 1.82) is 0 Å². The third-order valence-electron chi connectivity index (χ3n) is 4.18. The Kier molecular flexibility index (Phi) is 7.91. The van der Waals surface area contributed by atoms with Gasteiger partial charge in [0.15, 0.2) is 11.0 Å². The van der Waals surface area contributed by atoms with Gasteiger partial charge in [-0.3, -0.25) is 14.2 Å². The lowest BCUT2D eigenvalue weighted by atomic mass is 10.2. The first-order valence-corrected chi connectivity index (χ1v) is 10.8. The number of amides is 1. The van der Waals surface area contributed by atoms with Crippen LogP contribution in [0.25, 0.3) is 5.69 Å². The van der Waals surface area contributed by atoms with E-state index in [0.29, 0.717) is 39.6 Å². The zero-order chi connectivity index (χ0) is 22.2. The molecule has 0 unspecified atom stereocenters. The molecular weight excluding hydrogens is 440 g/mol. The van der Waals surface area contributed by atoms with E-state index in [1.165, 1.54) is 11.8 Å². The highest BCUT2D eigenvalue weighted by molar-refractivity contribution is 7.99. The van der Waals surface area contributed by atoms with E-state index < -0.39 is 0 Å². The van der Waals surface area contributed by atoms with Gasteiger partial charge in [0.1, 0.15) is 5.75 Å². The van der Waals surface area contributed by atoms with E-state index in [1.54, 1.807) is 48.9 Å². The van der Waals surface area contributed by atoms with E-state index in [4.69, 9.17) is 21.1 Å². The largest absolute Gasteiger partial charge is 0.497 e. The third-order valence-corrected chi connectivity index (χ3v) is 5.40. The Morgan fingerprint density at radius 2 is 1.87 bits per heavy atom. The molecule has 3 aromatic rings. The lowest BCUT2D eigenvalue weighted by Crippen LogP contribution is -2.24. The summed E-state index contributed by atoms with van der Waals surface area (Å²) in [4.78, 5) is 24.3. The highest BCUT2D eigenvalue weighted by Crippen LogP contribution is 2.27. The summed E-state index contributed by atoms with van der Waals surface area (Å²) in [5.74, 6) is 0.599. The van der Waals surface area contributed by atoms with Crippen LogP contribution in [0.4, 0.5) is 0 Å². The molecule has 1 N–H and O–H groups in total. The van der Waals surface area contributed by atoms with Crippen LogP contribution in [0.2, 0.25) is 5.02 Å². The van der Waals surface area contributed by atoms with E-state index >= 15 is 0 Å². The molecule has 0 saturated carbocycles. The molecule has 2 aromatic carbocycles. The molecule has 3 rings (SSSR count). The molecule has 162 valence electrons. The number of halogens is 1. The van der Waals surface area contributed by atoms with Crippen molar-refractivity contribution in [1.82, 2.24) is 20.1 Å². The number of nitrogens with zero attached hydrogens (tertiary/aromatic N) is 3. The number of carbonyl (C=O) groups excluding carboxylic acids is 2. The number of methoxy groups -OCH3 is 1. The topological polar surface area (TPSA) is 95.3 Å². The number of aromatic nitrogens is 3. The van der Waals surface area contributed by atoms with Gasteiger partial charge < -0.3 is 14.8 Å². The molecule has 0 saturated heterocycles. The van der Waals surface area contributed by atoms with Crippen molar-refractivity contribution < 1.29 is 19.1 Å². The molecule has 1 amide bonds. The highest BCUT2D eigenvalue weighted by atomic mass is 35.5. The van der Waals surface area contributed by atoms with E-state index in [0.717, 1.165) is 0 Å². The van der Waals surface area contributed by atoms with Gasteiger partial charge in [-0.05, 0) is 43.3 Å². The fraction of sp³-hybridized carbons (Fsp3) is 0.238. The second-order valence-electron chi connectivity index (χ2n) is 6.19. The van der Waals surface area contributed by atoms with Crippen LogP contribution in [-0.2, 0) is 16.1 Å². The van der Waals surface area contributed by atoms with Crippen molar-refractivity contribution >= 4 is 35.2 Å². The summed E-state index contributed by atoms with van der Waals surface area (Å²) in [7, 11) is 1.56. The van der Waals surface area contributed by atoms with Gasteiger partial charge in [0.2, 0.25) is 0 Å². The first kappa shape index (κ1) is 22.6. The Balaban J connectivity index is 1.81. The standard InChI is InChI=1S/C21H21ClN4O4S/c1-3-30-19(27)13-31-21-25-24-18(26(21)17-7-5-4-6-16(17)22)12-23-20(28)14-8-10-15(29-2)11-9-14/h4-11H,3,12-13H2,1-2H3,(H,23,28). The zero-order valence-electron chi connectivity index (χ0n) is 17.0. The van der Waals surface area contributed by atoms with Crippen molar-refractivity contribution in [3.63, 3.8) is 0 Å².